The van der Waals surface area contributed by atoms with Crippen LogP contribution in [0.1, 0.15) is 20.8 Å². The highest BCUT2D eigenvalue weighted by atomic mass is 35.5. The van der Waals surface area contributed by atoms with Crippen LogP contribution in [0.2, 0.25) is 0 Å². The van der Waals surface area contributed by atoms with E-state index in [0.717, 1.165) is 6.07 Å². The number of hydrogen-bond donors (Lipinski definition) is 0. The van der Waals surface area contributed by atoms with E-state index in [9.17, 15) is 23.3 Å². The van der Waals surface area contributed by atoms with E-state index in [1.165, 1.54) is 31.2 Å². The maximum absolute atomic E-state index is 12.5. The normalized spacial score (nSPS) is 17.2. The minimum Gasteiger partial charge on any atom is -0.288 e. The van der Waals surface area contributed by atoms with E-state index in [-0.39, 0.29) is 38.6 Å². The summed E-state index contributed by atoms with van der Waals surface area (Å²) >= 11 is 6.08. The highest BCUT2D eigenvalue weighted by Gasteiger charge is 2.28. The van der Waals surface area contributed by atoms with Gasteiger partial charge in [-0.1, -0.05) is 31.5 Å². The molecule has 0 N–H and O–H groups in total. The first kappa shape index (κ1) is 19.0. The number of non-ortho nitro benzene ring substituents is 1. The van der Waals surface area contributed by atoms with E-state index in [2.05, 4.69) is 4.40 Å². The Labute approximate surface area is 149 Å². The number of allylic oxidation sites excluding steroid dienone is 4. The number of nitrogens with zero attached hydrogens (tertiary/aromatic N) is 2. The Bertz CT molecular complexity index is 958. The predicted molar refractivity (Wildman–Crippen MR) is 94.2 cm³/mol. The van der Waals surface area contributed by atoms with Crippen LogP contribution < -0.4 is 0 Å². The molecule has 0 bridgehead atoms. The zero-order chi connectivity index (χ0) is 18.9. The second-order valence-electron chi connectivity index (χ2n) is 5.74. The first-order valence-electron chi connectivity index (χ1n) is 7.27. The van der Waals surface area contributed by atoms with Gasteiger partial charge in [0.15, 0.2) is 0 Å². The molecule has 1 aromatic rings. The molecule has 1 aliphatic rings. The molecule has 0 fully saturated rings. The third kappa shape index (κ3) is 3.85. The fourth-order valence-corrected chi connectivity index (χ4v) is 3.82. The Kier molecular flexibility index (Phi) is 5.24. The lowest BCUT2D eigenvalue weighted by molar-refractivity contribution is -0.385. The van der Waals surface area contributed by atoms with Gasteiger partial charge in [-0.25, -0.2) is 0 Å². The maximum Gasteiger partial charge on any atom is 0.283 e. The van der Waals surface area contributed by atoms with E-state index in [4.69, 9.17) is 11.6 Å². The van der Waals surface area contributed by atoms with Crippen LogP contribution in [-0.2, 0) is 14.8 Å². The molecule has 0 heterocycles. The number of sulfonamides is 1. The standard InChI is InChI=1S/C16H15ClN2O5S/c1-9(2)14-13(7-10(3)16(20)15(14)17)18-25(23,24)12-6-4-5-11(8-12)19(21)22/h4-9H,1-3H3. The number of rotatable bonds is 4. The minimum absolute atomic E-state index is 0.0589. The van der Waals surface area contributed by atoms with Gasteiger partial charge in [-0.3, -0.25) is 14.9 Å². The summed E-state index contributed by atoms with van der Waals surface area (Å²) < 4.78 is 28.9. The first-order chi connectivity index (χ1) is 11.5. The van der Waals surface area contributed by atoms with Gasteiger partial charge in [-0.2, -0.15) is 12.8 Å². The number of halogens is 1. The van der Waals surface area contributed by atoms with Gasteiger partial charge >= 0.3 is 0 Å². The Balaban J connectivity index is 2.62. The van der Waals surface area contributed by atoms with Gasteiger partial charge in [0.05, 0.1) is 20.6 Å². The van der Waals surface area contributed by atoms with Crippen LogP contribution in [0.5, 0.6) is 0 Å². The summed E-state index contributed by atoms with van der Waals surface area (Å²) in [5.74, 6) is -0.614. The number of nitro benzene ring substituents is 1. The summed E-state index contributed by atoms with van der Waals surface area (Å²) in [7, 11) is -4.21. The molecule has 0 spiro atoms. The summed E-state index contributed by atoms with van der Waals surface area (Å²) in [5.41, 5.74) is 0.293. The fourth-order valence-electron chi connectivity index (χ4n) is 2.32. The van der Waals surface area contributed by atoms with Crippen LogP contribution in [0, 0.1) is 16.0 Å². The van der Waals surface area contributed by atoms with Crippen LogP contribution in [-0.4, -0.2) is 24.8 Å². The first-order valence-corrected chi connectivity index (χ1v) is 9.09. The quantitative estimate of drug-likeness (QED) is 0.450. The number of ketones is 1. The highest BCUT2D eigenvalue weighted by molar-refractivity contribution is 7.90. The summed E-state index contributed by atoms with van der Waals surface area (Å²) in [6, 6.07) is 4.61. The number of Topliss-reactive ketones (excluding diaryl/α,β-unsaturated/α-hetero) is 1. The molecule has 1 aromatic carbocycles. The molecule has 0 radical (unpaired) electrons. The molecule has 0 amide bonds. The monoisotopic (exact) mass is 382 g/mol. The van der Waals surface area contributed by atoms with Crippen molar-refractivity contribution < 1.29 is 18.1 Å². The Morgan fingerprint density at radius 3 is 2.48 bits per heavy atom. The molecule has 25 heavy (non-hydrogen) atoms. The highest BCUT2D eigenvalue weighted by Crippen LogP contribution is 2.29. The number of nitro groups is 1. The van der Waals surface area contributed by atoms with Crippen LogP contribution in [0.15, 0.2) is 55.8 Å². The van der Waals surface area contributed by atoms with Gasteiger partial charge in [-0.05, 0) is 25.0 Å². The van der Waals surface area contributed by atoms with Crippen LogP contribution >= 0.6 is 11.6 Å². The zero-order valence-electron chi connectivity index (χ0n) is 13.7. The number of hydrogen-bond acceptors (Lipinski definition) is 5. The lowest BCUT2D eigenvalue weighted by Crippen LogP contribution is -2.20. The molecule has 7 nitrogen and oxygen atoms in total. The SMILES string of the molecule is CC1=CC(=NS(=O)(=O)c2cccc([N+](=O)[O-])c2)C(C(C)C)=C(Cl)C1=O. The molecule has 1 aliphatic carbocycles. The Hall–Kier alpha value is -2.32. The Morgan fingerprint density at radius 1 is 1.28 bits per heavy atom. The van der Waals surface area contributed by atoms with E-state index in [1.807, 2.05) is 0 Å². The lowest BCUT2D eigenvalue weighted by Gasteiger charge is -2.19. The summed E-state index contributed by atoms with van der Waals surface area (Å²) in [4.78, 5) is 21.8. The summed E-state index contributed by atoms with van der Waals surface area (Å²) in [6.45, 7) is 5.03. The van der Waals surface area contributed by atoms with Crippen LogP contribution in [0.3, 0.4) is 0 Å². The van der Waals surface area contributed by atoms with Crippen molar-refractivity contribution in [2.45, 2.75) is 25.7 Å². The van der Waals surface area contributed by atoms with Gasteiger partial charge < -0.3 is 0 Å². The molecular formula is C16H15ClN2O5S. The number of carbonyl (C=O) groups is 1. The van der Waals surface area contributed by atoms with Crippen molar-refractivity contribution in [2.75, 3.05) is 0 Å². The van der Waals surface area contributed by atoms with Gasteiger partial charge in [0, 0.05) is 23.3 Å². The molecule has 9 heteroatoms. The molecule has 0 aliphatic heterocycles. The maximum atomic E-state index is 12.5. The van der Waals surface area contributed by atoms with Crippen molar-refractivity contribution in [1.82, 2.24) is 0 Å². The van der Waals surface area contributed by atoms with E-state index >= 15 is 0 Å². The van der Waals surface area contributed by atoms with Gasteiger partial charge in [-0.15, -0.1) is 0 Å². The molecule has 0 unspecified atom stereocenters. The number of carbonyl (C=O) groups excluding carboxylic acids is 1. The largest absolute Gasteiger partial charge is 0.288 e. The molecule has 132 valence electrons. The Morgan fingerprint density at radius 2 is 1.92 bits per heavy atom. The van der Waals surface area contributed by atoms with Crippen LogP contribution in [0.25, 0.3) is 0 Å². The summed E-state index contributed by atoms with van der Waals surface area (Å²) in [5, 5.41) is 10.8. The van der Waals surface area contributed by atoms with Crippen molar-refractivity contribution in [3.63, 3.8) is 0 Å². The topological polar surface area (TPSA) is 107 Å². The van der Waals surface area contributed by atoms with Crippen LogP contribution in [0.4, 0.5) is 5.69 Å². The van der Waals surface area contributed by atoms with E-state index in [0.29, 0.717) is 5.57 Å². The second-order valence-corrected chi connectivity index (χ2v) is 7.73. The second kappa shape index (κ2) is 6.89. The molecule has 0 saturated heterocycles. The third-order valence-corrected chi connectivity index (χ3v) is 5.21. The van der Waals surface area contributed by atoms with Crippen molar-refractivity contribution in [1.29, 1.82) is 0 Å². The average Bonchev–Trinajstić information content (AvgIpc) is 2.52. The van der Waals surface area contributed by atoms with Gasteiger partial charge in [0.25, 0.3) is 15.7 Å². The predicted octanol–water partition coefficient (Wildman–Crippen LogP) is 3.40. The van der Waals surface area contributed by atoms with E-state index in [1.54, 1.807) is 13.8 Å². The summed E-state index contributed by atoms with van der Waals surface area (Å²) in [6.07, 6.45) is 1.36. The van der Waals surface area contributed by atoms with Gasteiger partial charge in [0.2, 0.25) is 5.78 Å². The van der Waals surface area contributed by atoms with Crippen molar-refractivity contribution in [3.8, 4) is 0 Å². The number of benzene rings is 1. The minimum atomic E-state index is -4.21. The smallest absolute Gasteiger partial charge is 0.283 e. The molecule has 0 aromatic heterocycles. The lowest BCUT2D eigenvalue weighted by atomic mass is 9.90. The average molecular weight is 383 g/mol. The molecular weight excluding hydrogens is 368 g/mol. The molecule has 2 rings (SSSR count). The zero-order valence-corrected chi connectivity index (χ0v) is 15.3. The van der Waals surface area contributed by atoms with E-state index < -0.39 is 14.9 Å². The van der Waals surface area contributed by atoms with Crippen molar-refractivity contribution in [2.24, 2.45) is 10.3 Å². The molecule has 0 saturated carbocycles. The van der Waals surface area contributed by atoms with Crippen molar-refractivity contribution >= 4 is 38.8 Å². The fraction of sp³-hybridized carbons (Fsp3) is 0.250. The van der Waals surface area contributed by atoms with Gasteiger partial charge in [0.1, 0.15) is 0 Å². The van der Waals surface area contributed by atoms with Crippen molar-refractivity contribution in [3.05, 3.63) is 56.6 Å². The molecule has 0 atom stereocenters. The third-order valence-electron chi connectivity index (χ3n) is 3.55.